The van der Waals surface area contributed by atoms with Crippen LogP contribution in [0.15, 0.2) is 6.20 Å². The Kier molecular flexibility index (Phi) is 3.84. The zero-order chi connectivity index (χ0) is 12.3. The van der Waals surface area contributed by atoms with Crippen molar-refractivity contribution in [2.45, 2.75) is 39.2 Å². The zero-order valence-electron chi connectivity index (χ0n) is 10.9. The first-order chi connectivity index (χ1) is 8.15. The van der Waals surface area contributed by atoms with Crippen molar-refractivity contribution in [2.24, 2.45) is 12.5 Å². The molecule has 96 valence electrons. The van der Waals surface area contributed by atoms with Gasteiger partial charge in [0.05, 0.1) is 5.69 Å². The molecule has 1 saturated carbocycles. The number of aliphatic hydroxyl groups excluding tert-OH is 1. The summed E-state index contributed by atoms with van der Waals surface area (Å²) in [4.78, 5) is 0. The van der Waals surface area contributed by atoms with Crippen molar-refractivity contribution in [1.29, 1.82) is 0 Å². The number of hydrogen-bond acceptors (Lipinski definition) is 3. The highest BCUT2D eigenvalue weighted by molar-refractivity contribution is 5.14. The second-order valence-electron chi connectivity index (χ2n) is 5.38. The van der Waals surface area contributed by atoms with Gasteiger partial charge in [-0.05, 0) is 19.8 Å². The quantitative estimate of drug-likeness (QED) is 0.813. The van der Waals surface area contributed by atoms with Crippen molar-refractivity contribution in [1.82, 2.24) is 15.1 Å². The summed E-state index contributed by atoms with van der Waals surface area (Å²) in [6.45, 7) is 4.11. The molecule has 1 aromatic rings. The van der Waals surface area contributed by atoms with Gasteiger partial charge in [-0.25, -0.2) is 0 Å². The molecule has 17 heavy (non-hydrogen) atoms. The van der Waals surface area contributed by atoms with Gasteiger partial charge in [0.1, 0.15) is 0 Å². The van der Waals surface area contributed by atoms with Gasteiger partial charge < -0.3 is 10.4 Å². The number of nitrogens with zero attached hydrogens (tertiary/aromatic N) is 2. The Hall–Kier alpha value is -0.870. The predicted molar refractivity (Wildman–Crippen MR) is 67.6 cm³/mol. The number of hydrogen-bond donors (Lipinski definition) is 2. The summed E-state index contributed by atoms with van der Waals surface area (Å²) in [5, 5.41) is 17.3. The van der Waals surface area contributed by atoms with E-state index in [9.17, 15) is 5.11 Å². The van der Waals surface area contributed by atoms with Gasteiger partial charge in [-0.1, -0.05) is 12.8 Å². The van der Waals surface area contributed by atoms with Gasteiger partial charge in [-0.3, -0.25) is 4.68 Å². The normalized spacial score (nSPS) is 18.8. The van der Waals surface area contributed by atoms with Gasteiger partial charge in [0.2, 0.25) is 0 Å². The van der Waals surface area contributed by atoms with E-state index >= 15 is 0 Å². The SMILES string of the molecule is Cc1nn(C)cc1CNCC1(CO)CCCC1. The average Bonchev–Trinajstić information content (AvgIpc) is 2.88. The highest BCUT2D eigenvalue weighted by Crippen LogP contribution is 2.36. The van der Waals surface area contributed by atoms with Crippen molar-refractivity contribution in [3.8, 4) is 0 Å². The Morgan fingerprint density at radius 3 is 2.71 bits per heavy atom. The first-order valence-electron chi connectivity index (χ1n) is 6.46. The van der Waals surface area contributed by atoms with Crippen LogP contribution in [-0.2, 0) is 13.6 Å². The van der Waals surface area contributed by atoms with Crippen LogP contribution in [0.4, 0.5) is 0 Å². The third-order valence-corrected chi connectivity index (χ3v) is 3.93. The second kappa shape index (κ2) is 5.19. The van der Waals surface area contributed by atoms with Crippen LogP contribution in [0, 0.1) is 12.3 Å². The first-order valence-corrected chi connectivity index (χ1v) is 6.46. The number of aryl methyl sites for hydroxylation is 2. The van der Waals surface area contributed by atoms with Crippen LogP contribution in [0.3, 0.4) is 0 Å². The fraction of sp³-hybridized carbons (Fsp3) is 0.769. The van der Waals surface area contributed by atoms with Gasteiger partial charge in [-0.15, -0.1) is 0 Å². The maximum atomic E-state index is 9.52. The van der Waals surface area contributed by atoms with E-state index < -0.39 is 0 Å². The van der Waals surface area contributed by atoms with Gasteiger partial charge >= 0.3 is 0 Å². The Morgan fingerprint density at radius 1 is 1.47 bits per heavy atom. The fourth-order valence-corrected chi connectivity index (χ4v) is 2.80. The summed E-state index contributed by atoms with van der Waals surface area (Å²) >= 11 is 0. The second-order valence-corrected chi connectivity index (χ2v) is 5.38. The van der Waals surface area contributed by atoms with Gasteiger partial charge in [0.25, 0.3) is 0 Å². The summed E-state index contributed by atoms with van der Waals surface area (Å²) in [6, 6.07) is 0. The highest BCUT2D eigenvalue weighted by atomic mass is 16.3. The summed E-state index contributed by atoms with van der Waals surface area (Å²) in [5.74, 6) is 0. The Morgan fingerprint density at radius 2 is 2.18 bits per heavy atom. The van der Waals surface area contributed by atoms with Crippen LogP contribution < -0.4 is 5.32 Å². The van der Waals surface area contributed by atoms with E-state index in [0.717, 1.165) is 31.6 Å². The van der Waals surface area contributed by atoms with Crippen molar-refractivity contribution >= 4 is 0 Å². The molecule has 4 nitrogen and oxygen atoms in total. The van der Waals surface area contributed by atoms with E-state index in [0.29, 0.717) is 6.61 Å². The Labute approximate surface area is 103 Å². The van der Waals surface area contributed by atoms with Crippen LogP contribution in [-0.4, -0.2) is 28.0 Å². The van der Waals surface area contributed by atoms with E-state index in [1.807, 2.05) is 18.7 Å². The van der Waals surface area contributed by atoms with Crippen molar-refractivity contribution < 1.29 is 5.11 Å². The molecule has 0 bridgehead atoms. The van der Waals surface area contributed by atoms with Crippen LogP contribution >= 0.6 is 0 Å². The standard InChI is InChI=1S/C13H23N3O/c1-11-12(8-16(2)15-11)7-14-9-13(10-17)5-3-4-6-13/h8,14,17H,3-7,9-10H2,1-2H3. The minimum absolute atomic E-state index is 0.135. The molecule has 1 heterocycles. The van der Waals surface area contributed by atoms with E-state index in [1.165, 1.54) is 18.4 Å². The summed E-state index contributed by atoms with van der Waals surface area (Å²) in [6.07, 6.45) is 6.88. The molecule has 0 atom stereocenters. The molecule has 0 radical (unpaired) electrons. The van der Waals surface area contributed by atoms with Crippen LogP contribution in [0.25, 0.3) is 0 Å². The molecule has 0 unspecified atom stereocenters. The largest absolute Gasteiger partial charge is 0.396 e. The first kappa shape index (κ1) is 12.6. The number of aromatic nitrogens is 2. The van der Waals surface area contributed by atoms with Gasteiger partial charge in [0.15, 0.2) is 0 Å². The molecule has 2 N–H and O–H groups in total. The smallest absolute Gasteiger partial charge is 0.0638 e. The van der Waals surface area contributed by atoms with Crippen molar-refractivity contribution in [2.75, 3.05) is 13.2 Å². The molecule has 0 aromatic carbocycles. The average molecular weight is 237 g/mol. The molecular weight excluding hydrogens is 214 g/mol. The predicted octanol–water partition coefficient (Wildman–Crippen LogP) is 1.37. The zero-order valence-corrected chi connectivity index (χ0v) is 10.9. The van der Waals surface area contributed by atoms with E-state index in [2.05, 4.69) is 16.6 Å². The molecule has 0 spiro atoms. The highest BCUT2D eigenvalue weighted by Gasteiger charge is 2.32. The molecule has 0 aliphatic heterocycles. The van der Waals surface area contributed by atoms with Crippen LogP contribution in [0.1, 0.15) is 36.9 Å². The molecule has 1 aromatic heterocycles. The lowest BCUT2D eigenvalue weighted by molar-refractivity contribution is 0.128. The topological polar surface area (TPSA) is 50.1 Å². The van der Waals surface area contributed by atoms with Crippen molar-refractivity contribution in [3.63, 3.8) is 0 Å². The molecular formula is C13H23N3O. The van der Waals surface area contributed by atoms with E-state index in [4.69, 9.17) is 0 Å². The molecule has 2 rings (SSSR count). The molecule has 0 amide bonds. The maximum absolute atomic E-state index is 9.52. The van der Waals surface area contributed by atoms with Gasteiger partial charge in [-0.2, -0.15) is 5.10 Å². The monoisotopic (exact) mass is 237 g/mol. The summed E-state index contributed by atoms with van der Waals surface area (Å²) < 4.78 is 1.85. The number of rotatable bonds is 5. The lowest BCUT2D eigenvalue weighted by Crippen LogP contribution is -2.34. The summed E-state index contributed by atoms with van der Waals surface area (Å²) in [7, 11) is 1.95. The fourth-order valence-electron chi connectivity index (χ4n) is 2.80. The van der Waals surface area contributed by atoms with Crippen LogP contribution in [0.2, 0.25) is 0 Å². The molecule has 1 fully saturated rings. The third-order valence-electron chi connectivity index (χ3n) is 3.93. The minimum Gasteiger partial charge on any atom is -0.396 e. The van der Waals surface area contributed by atoms with Crippen molar-refractivity contribution in [3.05, 3.63) is 17.5 Å². The number of aliphatic hydroxyl groups is 1. The number of nitrogens with one attached hydrogen (secondary N) is 1. The lowest BCUT2D eigenvalue weighted by atomic mass is 9.87. The minimum atomic E-state index is 0.135. The molecule has 1 aliphatic rings. The lowest BCUT2D eigenvalue weighted by Gasteiger charge is -2.26. The van der Waals surface area contributed by atoms with Crippen LogP contribution in [0.5, 0.6) is 0 Å². The van der Waals surface area contributed by atoms with Gasteiger partial charge in [0, 0.05) is 43.9 Å². The van der Waals surface area contributed by atoms with E-state index in [-0.39, 0.29) is 5.41 Å². The molecule has 1 aliphatic carbocycles. The summed E-state index contributed by atoms with van der Waals surface area (Å²) in [5.41, 5.74) is 2.47. The maximum Gasteiger partial charge on any atom is 0.0638 e. The molecule has 0 saturated heterocycles. The molecule has 4 heteroatoms. The third kappa shape index (κ3) is 2.87. The Bertz CT molecular complexity index is 367. The Balaban J connectivity index is 1.84. The van der Waals surface area contributed by atoms with E-state index in [1.54, 1.807) is 0 Å².